The fraction of sp³-hybridized carbons (Fsp3) is 0.684. The average Bonchev–Trinajstić information content (AvgIpc) is 3.36. The number of hydrogen-bond donors (Lipinski definition) is 1. The lowest BCUT2D eigenvalue weighted by Crippen LogP contribution is -2.54. The quantitative estimate of drug-likeness (QED) is 0.837. The fourth-order valence-electron chi connectivity index (χ4n) is 5.41. The molecule has 2 aromatic rings. The molecule has 2 aliphatic carbocycles. The summed E-state index contributed by atoms with van der Waals surface area (Å²) >= 11 is 0. The zero-order chi connectivity index (χ0) is 18.7. The molecule has 144 valence electrons. The first-order valence-corrected chi connectivity index (χ1v) is 9.98. The van der Waals surface area contributed by atoms with Crippen LogP contribution < -0.4 is 10.6 Å². The maximum absolute atomic E-state index is 13.1. The molecule has 1 amide bonds. The molecule has 4 atom stereocenters. The van der Waals surface area contributed by atoms with Gasteiger partial charge in [0.15, 0.2) is 5.65 Å². The van der Waals surface area contributed by atoms with E-state index in [2.05, 4.69) is 20.0 Å². The summed E-state index contributed by atoms with van der Waals surface area (Å²) in [4.78, 5) is 26.5. The molecule has 2 saturated carbocycles. The average molecular weight is 369 g/mol. The first kappa shape index (κ1) is 16.9. The van der Waals surface area contributed by atoms with E-state index in [-0.39, 0.29) is 17.9 Å². The highest BCUT2D eigenvalue weighted by molar-refractivity contribution is 5.87. The van der Waals surface area contributed by atoms with Crippen LogP contribution in [0.5, 0.6) is 0 Å². The maximum atomic E-state index is 13.1. The predicted molar refractivity (Wildman–Crippen MR) is 102 cm³/mol. The van der Waals surface area contributed by atoms with E-state index in [4.69, 9.17) is 5.73 Å². The summed E-state index contributed by atoms with van der Waals surface area (Å²) in [6.45, 7) is 4.92. The van der Waals surface area contributed by atoms with Crippen molar-refractivity contribution in [1.29, 1.82) is 0 Å². The Labute approximate surface area is 158 Å². The monoisotopic (exact) mass is 369 g/mol. The third kappa shape index (κ3) is 2.61. The Morgan fingerprint density at radius 3 is 2.59 bits per heavy atom. The van der Waals surface area contributed by atoms with Crippen molar-refractivity contribution in [2.75, 3.05) is 31.1 Å². The van der Waals surface area contributed by atoms with Crippen LogP contribution in [0.2, 0.25) is 0 Å². The van der Waals surface area contributed by atoms with E-state index in [9.17, 15) is 4.79 Å². The number of carbonyl (C=O) groups is 1. The van der Waals surface area contributed by atoms with Gasteiger partial charge in [0.25, 0.3) is 0 Å². The van der Waals surface area contributed by atoms with Gasteiger partial charge in [0, 0.05) is 39.3 Å². The van der Waals surface area contributed by atoms with Crippen LogP contribution in [-0.2, 0) is 11.8 Å². The van der Waals surface area contributed by atoms with E-state index in [1.54, 1.807) is 4.68 Å². The Morgan fingerprint density at radius 1 is 1.15 bits per heavy atom. The molecule has 3 aliphatic rings. The molecule has 1 saturated heterocycles. The lowest BCUT2D eigenvalue weighted by atomic mass is 9.84. The highest BCUT2D eigenvalue weighted by atomic mass is 16.2. The molecule has 8 nitrogen and oxygen atoms in total. The largest absolute Gasteiger partial charge is 0.352 e. The third-order valence-corrected chi connectivity index (χ3v) is 6.84. The second-order valence-corrected chi connectivity index (χ2v) is 8.35. The fourth-order valence-corrected chi connectivity index (χ4v) is 5.41. The van der Waals surface area contributed by atoms with Gasteiger partial charge in [-0.2, -0.15) is 5.10 Å². The first-order chi connectivity index (χ1) is 13.0. The number of nitrogens with zero attached hydrogens (tertiary/aromatic N) is 6. The minimum absolute atomic E-state index is 0.0432. The Bertz CT molecular complexity index is 884. The molecular formula is C19H27N7O. The van der Waals surface area contributed by atoms with Crippen LogP contribution in [0, 0.1) is 24.7 Å². The molecule has 8 heteroatoms. The summed E-state index contributed by atoms with van der Waals surface area (Å²) in [7, 11) is 1.90. The summed E-state index contributed by atoms with van der Waals surface area (Å²) in [5.74, 6) is 3.06. The minimum Gasteiger partial charge on any atom is -0.352 e. The summed E-state index contributed by atoms with van der Waals surface area (Å²) < 4.78 is 1.78. The van der Waals surface area contributed by atoms with Gasteiger partial charge in [-0.05, 0) is 38.0 Å². The van der Waals surface area contributed by atoms with Crippen LogP contribution in [-0.4, -0.2) is 62.8 Å². The van der Waals surface area contributed by atoms with E-state index < -0.39 is 0 Å². The Morgan fingerprint density at radius 2 is 1.89 bits per heavy atom. The van der Waals surface area contributed by atoms with Gasteiger partial charge in [-0.25, -0.2) is 9.97 Å². The number of carbonyl (C=O) groups excluding carboxylic acids is 1. The normalized spacial score (nSPS) is 30.5. The molecule has 1 aliphatic heterocycles. The van der Waals surface area contributed by atoms with Gasteiger partial charge in [-0.15, -0.1) is 0 Å². The summed E-state index contributed by atoms with van der Waals surface area (Å²) in [5.41, 5.74) is 7.24. The molecule has 0 aromatic carbocycles. The number of rotatable bonds is 2. The SMILES string of the molecule is Cc1nc(N2CCN(C(=O)C3C4CCC(C4)C3N)CC2)c2cnn(C)c2n1. The van der Waals surface area contributed by atoms with Crippen molar-refractivity contribution in [2.45, 2.75) is 32.2 Å². The number of hydrogen-bond acceptors (Lipinski definition) is 6. The molecule has 0 spiro atoms. The second-order valence-electron chi connectivity index (χ2n) is 8.35. The zero-order valence-corrected chi connectivity index (χ0v) is 16.0. The van der Waals surface area contributed by atoms with E-state index in [1.165, 1.54) is 12.8 Å². The number of nitrogens with two attached hydrogens (primary N) is 1. The molecule has 5 rings (SSSR count). The van der Waals surface area contributed by atoms with Crippen molar-refractivity contribution in [3.8, 4) is 0 Å². The molecule has 27 heavy (non-hydrogen) atoms. The summed E-state index contributed by atoms with van der Waals surface area (Å²) in [6.07, 6.45) is 5.36. The molecule has 3 fully saturated rings. The number of amides is 1. The van der Waals surface area contributed by atoms with Gasteiger partial charge in [0.2, 0.25) is 5.91 Å². The molecule has 2 N–H and O–H groups in total. The van der Waals surface area contributed by atoms with Crippen LogP contribution >= 0.6 is 0 Å². The predicted octanol–water partition coefficient (Wildman–Crippen LogP) is 0.694. The second kappa shape index (κ2) is 6.15. The van der Waals surface area contributed by atoms with Crippen LogP contribution in [0.4, 0.5) is 5.82 Å². The molecule has 2 aromatic heterocycles. The van der Waals surface area contributed by atoms with Gasteiger partial charge < -0.3 is 15.5 Å². The van der Waals surface area contributed by atoms with E-state index in [0.29, 0.717) is 11.8 Å². The van der Waals surface area contributed by atoms with Crippen LogP contribution in [0.1, 0.15) is 25.1 Å². The van der Waals surface area contributed by atoms with Crippen LogP contribution in [0.25, 0.3) is 11.0 Å². The van der Waals surface area contributed by atoms with Crippen molar-refractivity contribution in [1.82, 2.24) is 24.6 Å². The van der Waals surface area contributed by atoms with E-state index in [1.807, 2.05) is 25.1 Å². The number of fused-ring (bicyclic) bond motifs is 3. The molecule has 0 radical (unpaired) electrons. The minimum atomic E-state index is 0.0432. The lowest BCUT2D eigenvalue weighted by molar-refractivity contribution is -0.138. The number of anilines is 1. The van der Waals surface area contributed by atoms with Crippen molar-refractivity contribution in [3.05, 3.63) is 12.0 Å². The molecule has 2 bridgehead atoms. The van der Waals surface area contributed by atoms with Crippen molar-refractivity contribution >= 4 is 22.8 Å². The topological polar surface area (TPSA) is 93.2 Å². The first-order valence-electron chi connectivity index (χ1n) is 9.98. The van der Waals surface area contributed by atoms with Gasteiger partial charge in [0.1, 0.15) is 11.6 Å². The van der Waals surface area contributed by atoms with E-state index >= 15 is 0 Å². The number of aryl methyl sites for hydroxylation is 2. The van der Waals surface area contributed by atoms with Crippen molar-refractivity contribution < 1.29 is 4.79 Å². The molecular weight excluding hydrogens is 342 g/mol. The van der Waals surface area contributed by atoms with E-state index in [0.717, 1.165) is 55.3 Å². The Kier molecular flexibility index (Phi) is 3.86. The maximum Gasteiger partial charge on any atom is 0.227 e. The van der Waals surface area contributed by atoms with Crippen molar-refractivity contribution in [3.63, 3.8) is 0 Å². The lowest BCUT2D eigenvalue weighted by Gasteiger charge is -2.39. The standard InChI is InChI=1S/C19H27N7O/c1-11-22-17-14(10-21-24(17)2)18(23-11)25-5-7-26(8-6-25)19(27)15-12-3-4-13(9-12)16(15)20/h10,12-13,15-16H,3-9,20H2,1-2H3. The number of piperazine rings is 1. The Hall–Kier alpha value is -2.22. The zero-order valence-electron chi connectivity index (χ0n) is 16.0. The van der Waals surface area contributed by atoms with Gasteiger partial charge >= 0.3 is 0 Å². The summed E-state index contributed by atoms with van der Waals surface area (Å²) in [5, 5.41) is 5.30. The third-order valence-electron chi connectivity index (χ3n) is 6.84. The highest BCUT2D eigenvalue weighted by Crippen LogP contribution is 2.48. The van der Waals surface area contributed by atoms with Gasteiger partial charge in [-0.3, -0.25) is 9.48 Å². The van der Waals surface area contributed by atoms with Gasteiger partial charge in [0.05, 0.1) is 17.5 Å². The van der Waals surface area contributed by atoms with Crippen LogP contribution in [0.15, 0.2) is 6.20 Å². The van der Waals surface area contributed by atoms with Crippen LogP contribution in [0.3, 0.4) is 0 Å². The van der Waals surface area contributed by atoms with Gasteiger partial charge in [-0.1, -0.05) is 0 Å². The Balaban J connectivity index is 1.32. The highest BCUT2D eigenvalue weighted by Gasteiger charge is 2.50. The molecule has 3 heterocycles. The van der Waals surface area contributed by atoms with Crippen molar-refractivity contribution in [2.24, 2.45) is 30.5 Å². The number of aromatic nitrogens is 4. The smallest absolute Gasteiger partial charge is 0.227 e. The molecule has 4 unspecified atom stereocenters. The summed E-state index contributed by atoms with van der Waals surface area (Å²) in [6, 6.07) is 0.0637.